The number of anilines is 1. The zero-order valence-electron chi connectivity index (χ0n) is 16.5. The number of carbonyl (C=O) groups excluding carboxylic acids is 1. The second-order valence-electron chi connectivity index (χ2n) is 6.94. The number of nitrogens with one attached hydrogen (secondary N) is 1. The van der Waals surface area contributed by atoms with Gasteiger partial charge in [-0.25, -0.2) is 0 Å². The molecule has 3 aromatic rings. The van der Waals surface area contributed by atoms with Crippen molar-refractivity contribution in [1.29, 1.82) is 0 Å². The van der Waals surface area contributed by atoms with E-state index in [4.69, 9.17) is 14.2 Å². The molecule has 0 fully saturated rings. The van der Waals surface area contributed by atoms with E-state index in [0.717, 1.165) is 28.1 Å². The maximum Gasteiger partial charge on any atom is 0.225 e. The first kappa shape index (κ1) is 18.9. The van der Waals surface area contributed by atoms with Crippen LogP contribution in [0.25, 0.3) is 0 Å². The molecule has 5 nitrogen and oxygen atoms in total. The summed E-state index contributed by atoms with van der Waals surface area (Å²) in [5, 5.41) is 2.94. The monoisotopic (exact) mass is 389 g/mol. The fraction of sp³-hybridized carbons (Fsp3) is 0.208. The predicted octanol–water partition coefficient (Wildman–Crippen LogP) is 4.76. The van der Waals surface area contributed by atoms with Gasteiger partial charge in [0, 0.05) is 24.1 Å². The third-order valence-corrected chi connectivity index (χ3v) is 5.13. The molecule has 1 aliphatic rings. The van der Waals surface area contributed by atoms with Gasteiger partial charge in [-0.05, 0) is 34.9 Å². The summed E-state index contributed by atoms with van der Waals surface area (Å²) >= 11 is 0. The van der Waals surface area contributed by atoms with Gasteiger partial charge >= 0.3 is 0 Å². The number of methoxy groups -OCH3 is 2. The summed E-state index contributed by atoms with van der Waals surface area (Å²) in [4.78, 5) is 12.3. The SMILES string of the molecule is COc1cc2c(cc1OC)C(c1ccc(OCc3ccccc3)cc1)CC(=O)N2. The summed E-state index contributed by atoms with van der Waals surface area (Å²) < 4.78 is 16.7. The number of rotatable bonds is 6. The molecule has 29 heavy (non-hydrogen) atoms. The zero-order valence-corrected chi connectivity index (χ0v) is 16.5. The van der Waals surface area contributed by atoms with Crippen molar-refractivity contribution >= 4 is 11.6 Å². The number of amides is 1. The second-order valence-corrected chi connectivity index (χ2v) is 6.94. The Morgan fingerprint density at radius 2 is 1.62 bits per heavy atom. The van der Waals surface area contributed by atoms with Gasteiger partial charge < -0.3 is 19.5 Å². The first-order valence-electron chi connectivity index (χ1n) is 9.50. The Bertz CT molecular complexity index is 999. The van der Waals surface area contributed by atoms with E-state index in [1.165, 1.54) is 0 Å². The minimum absolute atomic E-state index is 0.0147. The molecule has 0 aromatic heterocycles. The molecule has 0 saturated carbocycles. The first-order chi connectivity index (χ1) is 14.2. The Morgan fingerprint density at radius 3 is 2.31 bits per heavy atom. The Hall–Kier alpha value is -3.47. The minimum Gasteiger partial charge on any atom is -0.493 e. The normalized spacial score (nSPS) is 15.2. The van der Waals surface area contributed by atoms with Gasteiger partial charge in [0.05, 0.1) is 14.2 Å². The Balaban J connectivity index is 1.58. The molecule has 1 aliphatic heterocycles. The Morgan fingerprint density at radius 1 is 0.931 bits per heavy atom. The van der Waals surface area contributed by atoms with Crippen molar-refractivity contribution in [1.82, 2.24) is 0 Å². The highest BCUT2D eigenvalue weighted by Crippen LogP contribution is 2.43. The van der Waals surface area contributed by atoms with Crippen LogP contribution in [-0.2, 0) is 11.4 Å². The quantitative estimate of drug-likeness (QED) is 0.661. The lowest BCUT2D eigenvalue weighted by molar-refractivity contribution is -0.116. The molecular formula is C24H23NO4. The number of hydrogen-bond acceptors (Lipinski definition) is 4. The van der Waals surface area contributed by atoms with Crippen molar-refractivity contribution in [3.63, 3.8) is 0 Å². The van der Waals surface area contributed by atoms with Crippen molar-refractivity contribution in [3.05, 3.63) is 83.4 Å². The molecule has 1 N–H and O–H groups in total. The number of benzene rings is 3. The molecule has 4 rings (SSSR count). The molecule has 3 aromatic carbocycles. The second kappa shape index (κ2) is 8.27. The predicted molar refractivity (Wildman–Crippen MR) is 112 cm³/mol. The minimum atomic E-state index is -0.0540. The lowest BCUT2D eigenvalue weighted by Gasteiger charge is -2.27. The smallest absolute Gasteiger partial charge is 0.225 e. The maximum absolute atomic E-state index is 12.3. The van der Waals surface area contributed by atoms with E-state index in [1.54, 1.807) is 14.2 Å². The van der Waals surface area contributed by atoms with Crippen LogP contribution in [0.4, 0.5) is 5.69 Å². The summed E-state index contributed by atoms with van der Waals surface area (Å²) in [6.45, 7) is 0.520. The third kappa shape index (κ3) is 4.04. The van der Waals surface area contributed by atoms with E-state index < -0.39 is 0 Å². The van der Waals surface area contributed by atoms with Crippen LogP contribution < -0.4 is 19.5 Å². The molecule has 0 bridgehead atoms. The van der Waals surface area contributed by atoms with Gasteiger partial charge in [-0.15, -0.1) is 0 Å². The molecule has 1 heterocycles. The average Bonchev–Trinajstić information content (AvgIpc) is 2.77. The first-order valence-corrected chi connectivity index (χ1v) is 9.50. The number of carbonyl (C=O) groups is 1. The fourth-order valence-electron chi connectivity index (χ4n) is 3.62. The summed E-state index contributed by atoms with van der Waals surface area (Å²) in [6, 6.07) is 21.7. The standard InChI is InChI=1S/C24H23NO4/c1-27-22-12-20-19(13-24(26)25-21(20)14-23(22)28-2)17-8-10-18(11-9-17)29-15-16-6-4-3-5-7-16/h3-12,14,19H,13,15H2,1-2H3,(H,25,26). The highest BCUT2D eigenvalue weighted by atomic mass is 16.5. The lowest BCUT2D eigenvalue weighted by atomic mass is 9.84. The van der Waals surface area contributed by atoms with Crippen LogP contribution in [0.1, 0.15) is 29.0 Å². The van der Waals surface area contributed by atoms with E-state index in [9.17, 15) is 4.79 Å². The van der Waals surface area contributed by atoms with Gasteiger partial charge in [0.15, 0.2) is 11.5 Å². The van der Waals surface area contributed by atoms with Gasteiger partial charge in [0.2, 0.25) is 5.91 Å². The highest BCUT2D eigenvalue weighted by molar-refractivity contribution is 5.96. The molecule has 0 spiro atoms. The largest absolute Gasteiger partial charge is 0.493 e. The topological polar surface area (TPSA) is 56.8 Å². The van der Waals surface area contributed by atoms with Crippen molar-refractivity contribution < 1.29 is 19.0 Å². The van der Waals surface area contributed by atoms with Crippen LogP contribution >= 0.6 is 0 Å². The molecule has 1 unspecified atom stereocenters. The fourth-order valence-corrected chi connectivity index (χ4v) is 3.62. The Kier molecular flexibility index (Phi) is 5.38. The van der Waals surface area contributed by atoms with Crippen LogP contribution in [0.3, 0.4) is 0 Å². The summed E-state index contributed by atoms with van der Waals surface area (Å²) in [5.41, 5.74) is 3.95. The molecule has 1 amide bonds. The van der Waals surface area contributed by atoms with Crippen molar-refractivity contribution in [2.75, 3.05) is 19.5 Å². The molecule has 0 saturated heterocycles. The van der Waals surface area contributed by atoms with E-state index in [-0.39, 0.29) is 11.8 Å². The molecule has 5 heteroatoms. The summed E-state index contributed by atoms with van der Waals surface area (Å²) in [7, 11) is 3.19. The lowest BCUT2D eigenvalue weighted by Crippen LogP contribution is -2.23. The van der Waals surface area contributed by atoms with Crippen LogP contribution in [0.5, 0.6) is 17.2 Å². The summed E-state index contributed by atoms with van der Waals surface area (Å²) in [6.07, 6.45) is 0.382. The number of ether oxygens (including phenoxy) is 3. The van der Waals surface area contributed by atoms with Gasteiger partial charge in [-0.2, -0.15) is 0 Å². The van der Waals surface area contributed by atoms with E-state index in [0.29, 0.717) is 24.5 Å². The van der Waals surface area contributed by atoms with Crippen molar-refractivity contribution in [2.24, 2.45) is 0 Å². The van der Waals surface area contributed by atoms with Gasteiger partial charge in [0.25, 0.3) is 0 Å². The summed E-state index contributed by atoms with van der Waals surface area (Å²) in [5.74, 6) is 1.97. The Labute approximate surface area is 170 Å². The van der Waals surface area contributed by atoms with Crippen molar-refractivity contribution in [2.45, 2.75) is 18.9 Å². The van der Waals surface area contributed by atoms with E-state index in [2.05, 4.69) is 5.32 Å². The molecule has 0 radical (unpaired) electrons. The average molecular weight is 389 g/mol. The van der Waals surface area contributed by atoms with Gasteiger partial charge in [-0.1, -0.05) is 42.5 Å². The van der Waals surface area contributed by atoms with Crippen LogP contribution in [0.2, 0.25) is 0 Å². The van der Waals surface area contributed by atoms with Gasteiger partial charge in [0.1, 0.15) is 12.4 Å². The van der Waals surface area contributed by atoms with Crippen LogP contribution in [0, 0.1) is 0 Å². The van der Waals surface area contributed by atoms with Crippen molar-refractivity contribution in [3.8, 4) is 17.2 Å². The molecular weight excluding hydrogens is 366 g/mol. The molecule has 1 atom stereocenters. The zero-order chi connectivity index (χ0) is 20.2. The van der Waals surface area contributed by atoms with E-state index in [1.807, 2.05) is 66.7 Å². The number of hydrogen-bond donors (Lipinski definition) is 1. The van der Waals surface area contributed by atoms with Crippen LogP contribution in [-0.4, -0.2) is 20.1 Å². The molecule has 0 aliphatic carbocycles. The maximum atomic E-state index is 12.3. The van der Waals surface area contributed by atoms with E-state index >= 15 is 0 Å². The third-order valence-electron chi connectivity index (χ3n) is 5.13. The van der Waals surface area contributed by atoms with Gasteiger partial charge in [-0.3, -0.25) is 4.79 Å². The van der Waals surface area contributed by atoms with Crippen LogP contribution in [0.15, 0.2) is 66.7 Å². The molecule has 148 valence electrons. The highest BCUT2D eigenvalue weighted by Gasteiger charge is 2.28. The number of fused-ring (bicyclic) bond motifs is 1.